The molecule has 0 radical (unpaired) electrons. The van der Waals surface area contributed by atoms with Crippen LogP contribution < -0.4 is 0 Å². The molecule has 12 heteroatoms. The van der Waals surface area contributed by atoms with E-state index in [1.807, 2.05) is 0 Å². The molecule has 2 heterocycles. The normalized spacial score (nSPS) is 15.1. The van der Waals surface area contributed by atoms with Crippen LogP contribution in [0.25, 0.3) is 11.5 Å². The summed E-state index contributed by atoms with van der Waals surface area (Å²) in [5.41, 5.74) is 0.128. The Morgan fingerprint density at radius 2 is 1.77 bits per heavy atom. The van der Waals surface area contributed by atoms with E-state index in [-0.39, 0.29) is 26.6 Å². The van der Waals surface area contributed by atoms with E-state index in [1.54, 1.807) is 0 Å². The van der Waals surface area contributed by atoms with Crippen LogP contribution in [0.4, 0.5) is 10.1 Å². The zero-order chi connectivity index (χ0) is 22.0. The molecule has 0 aliphatic carbocycles. The second kappa shape index (κ2) is 8.73. The molecule has 31 heavy (non-hydrogen) atoms. The van der Waals surface area contributed by atoms with Crippen LogP contribution in [0.15, 0.2) is 61.9 Å². The van der Waals surface area contributed by atoms with Gasteiger partial charge in [0, 0.05) is 24.7 Å². The molecule has 0 bridgehead atoms. The van der Waals surface area contributed by atoms with Gasteiger partial charge in [-0.2, -0.15) is 4.31 Å². The van der Waals surface area contributed by atoms with Gasteiger partial charge in [-0.25, -0.2) is 12.8 Å². The standard InChI is InChI=1S/C19H17FN4O5S2/c20-14-6-4-13(5-7-14)18-21-22-19(29-18)30-17-9-8-15(12-16(17)24(25)26)31(27,28)23-10-2-1-3-11-23/h4-9,12H,1-3,10-11H2. The molecule has 1 aromatic heterocycles. The van der Waals surface area contributed by atoms with E-state index in [0.29, 0.717) is 18.7 Å². The highest BCUT2D eigenvalue weighted by molar-refractivity contribution is 7.99. The highest BCUT2D eigenvalue weighted by Crippen LogP contribution is 2.37. The van der Waals surface area contributed by atoms with Crippen molar-refractivity contribution < 1.29 is 22.1 Å². The third-order valence-electron chi connectivity index (χ3n) is 4.77. The van der Waals surface area contributed by atoms with Crippen molar-refractivity contribution in [1.29, 1.82) is 0 Å². The fourth-order valence-corrected chi connectivity index (χ4v) is 5.50. The van der Waals surface area contributed by atoms with Crippen LogP contribution in [-0.2, 0) is 10.0 Å². The first kappa shape index (κ1) is 21.4. The summed E-state index contributed by atoms with van der Waals surface area (Å²) in [5.74, 6) is -0.275. The van der Waals surface area contributed by atoms with Crippen molar-refractivity contribution >= 4 is 27.5 Å². The van der Waals surface area contributed by atoms with E-state index in [1.165, 1.54) is 40.7 Å². The van der Waals surface area contributed by atoms with Crippen molar-refractivity contribution in [3.8, 4) is 11.5 Å². The van der Waals surface area contributed by atoms with Gasteiger partial charge in [-0.3, -0.25) is 10.1 Å². The molecular formula is C19H17FN4O5S2. The lowest BCUT2D eigenvalue weighted by atomic mass is 10.2. The van der Waals surface area contributed by atoms with Gasteiger partial charge >= 0.3 is 0 Å². The Labute approximate surface area is 181 Å². The smallest absolute Gasteiger partial charge is 0.284 e. The van der Waals surface area contributed by atoms with Gasteiger partial charge < -0.3 is 4.42 Å². The fraction of sp³-hybridized carbons (Fsp3) is 0.263. The number of piperidine rings is 1. The van der Waals surface area contributed by atoms with Crippen LogP contribution in [-0.4, -0.2) is 40.9 Å². The van der Waals surface area contributed by atoms with Gasteiger partial charge in [0.1, 0.15) is 5.82 Å². The van der Waals surface area contributed by atoms with Crippen LogP contribution in [0, 0.1) is 15.9 Å². The number of rotatable bonds is 6. The number of halogens is 1. The average Bonchev–Trinajstić information content (AvgIpc) is 3.23. The summed E-state index contributed by atoms with van der Waals surface area (Å²) in [6.07, 6.45) is 2.50. The maximum absolute atomic E-state index is 13.1. The Hall–Kier alpha value is -2.83. The van der Waals surface area contributed by atoms with E-state index >= 15 is 0 Å². The molecule has 4 rings (SSSR count). The first-order valence-electron chi connectivity index (χ1n) is 9.40. The largest absolute Gasteiger partial charge is 0.411 e. The van der Waals surface area contributed by atoms with Gasteiger partial charge in [0.25, 0.3) is 10.9 Å². The summed E-state index contributed by atoms with van der Waals surface area (Å²) < 4.78 is 45.6. The van der Waals surface area contributed by atoms with Crippen molar-refractivity contribution in [2.45, 2.75) is 34.3 Å². The highest BCUT2D eigenvalue weighted by Gasteiger charge is 2.29. The summed E-state index contributed by atoms with van der Waals surface area (Å²) in [5, 5.41) is 19.4. The second-order valence-corrected chi connectivity index (χ2v) is 9.76. The van der Waals surface area contributed by atoms with Gasteiger partial charge in [0.15, 0.2) is 0 Å². The Morgan fingerprint density at radius 1 is 1.06 bits per heavy atom. The van der Waals surface area contributed by atoms with E-state index in [9.17, 15) is 22.9 Å². The Balaban J connectivity index is 1.60. The van der Waals surface area contributed by atoms with Gasteiger partial charge in [-0.15, -0.1) is 10.2 Å². The van der Waals surface area contributed by atoms with Gasteiger partial charge in [-0.05, 0) is 61.0 Å². The maximum atomic E-state index is 13.1. The average molecular weight is 465 g/mol. The monoisotopic (exact) mass is 464 g/mol. The Morgan fingerprint density at radius 3 is 2.45 bits per heavy atom. The minimum atomic E-state index is -3.81. The Bertz CT molecular complexity index is 1210. The zero-order valence-electron chi connectivity index (χ0n) is 16.1. The third kappa shape index (κ3) is 4.60. The summed E-state index contributed by atoms with van der Waals surface area (Å²) in [6, 6.07) is 9.21. The molecule has 1 aliphatic heterocycles. The molecule has 0 unspecified atom stereocenters. The first-order valence-corrected chi connectivity index (χ1v) is 11.7. The predicted octanol–water partition coefficient (Wildman–Crippen LogP) is 4.11. The van der Waals surface area contributed by atoms with E-state index in [2.05, 4.69) is 10.2 Å². The van der Waals surface area contributed by atoms with Crippen molar-refractivity contribution in [2.24, 2.45) is 0 Å². The molecule has 2 aromatic carbocycles. The van der Waals surface area contributed by atoms with E-state index in [0.717, 1.165) is 37.1 Å². The summed E-state index contributed by atoms with van der Waals surface area (Å²) in [7, 11) is -3.81. The van der Waals surface area contributed by atoms with Crippen LogP contribution in [0.2, 0.25) is 0 Å². The van der Waals surface area contributed by atoms with Gasteiger partial charge in [0.05, 0.1) is 14.7 Å². The third-order valence-corrected chi connectivity index (χ3v) is 7.57. The van der Waals surface area contributed by atoms with E-state index in [4.69, 9.17) is 4.42 Å². The zero-order valence-corrected chi connectivity index (χ0v) is 17.7. The van der Waals surface area contributed by atoms with Crippen molar-refractivity contribution in [1.82, 2.24) is 14.5 Å². The minimum absolute atomic E-state index is 0.0362. The number of aromatic nitrogens is 2. The number of benzene rings is 2. The molecule has 0 atom stereocenters. The molecule has 162 valence electrons. The molecule has 1 fully saturated rings. The topological polar surface area (TPSA) is 119 Å². The molecule has 0 spiro atoms. The molecule has 1 saturated heterocycles. The maximum Gasteiger partial charge on any atom is 0.284 e. The Kier molecular flexibility index (Phi) is 6.03. The summed E-state index contributed by atoms with van der Waals surface area (Å²) in [6.45, 7) is 0.807. The molecule has 0 amide bonds. The summed E-state index contributed by atoms with van der Waals surface area (Å²) >= 11 is 0.852. The molecule has 1 aliphatic rings. The fourth-order valence-electron chi connectivity index (χ4n) is 3.20. The van der Waals surface area contributed by atoms with E-state index < -0.39 is 20.8 Å². The minimum Gasteiger partial charge on any atom is -0.411 e. The second-order valence-electron chi connectivity index (χ2n) is 6.83. The lowest BCUT2D eigenvalue weighted by Gasteiger charge is -2.25. The number of nitro benzene ring substituents is 1. The molecule has 9 nitrogen and oxygen atoms in total. The first-order chi connectivity index (χ1) is 14.8. The quantitative estimate of drug-likeness (QED) is 0.395. The highest BCUT2D eigenvalue weighted by atomic mass is 32.2. The van der Waals surface area contributed by atoms with Gasteiger partial charge in [-0.1, -0.05) is 6.42 Å². The lowest BCUT2D eigenvalue weighted by Crippen LogP contribution is -2.35. The van der Waals surface area contributed by atoms with Gasteiger partial charge in [0.2, 0.25) is 15.9 Å². The number of sulfonamides is 1. The van der Waals surface area contributed by atoms with Crippen molar-refractivity contribution in [3.05, 3.63) is 58.4 Å². The summed E-state index contributed by atoms with van der Waals surface area (Å²) in [4.78, 5) is 11.0. The van der Waals surface area contributed by atoms with Crippen LogP contribution in [0.1, 0.15) is 19.3 Å². The SMILES string of the molecule is O=[N+]([O-])c1cc(S(=O)(=O)N2CCCCC2)ccc1Sc1nnc(-c2ccc(F)cc2)o1. The molecule has 3 aromatic rings. The number of nitro groups is 1. The molecule has 0 saturated carbocycles. The van der Waals surface area contributed by atoms with Crippen LogP contribution >= 0.6 is 11.8 Å². The van der Waals surface area contributed by atoms with Crippen molar-refractivity contribution in [2.75, 3.05) is 13.1 Å². The number of nitrogens with zero attached hydrogens (tertiary/aromatic N) is 4. The predicted molar refractivity (Wildman–Crippen MR) is 110 cm³/mol. The molecular weight excluding hydrogens is 447 g/mol. The number of hydrogen-bond acceptors (Lipinski definition) is 8. The van der Waals surface area contributed by atoms with Crippen LogP contribution in [0.3, 0.4) is 0 Å². The molecule has 0 N–H and O–H groups in total. The lowest BCUT2D eigenvalue weighted by molar-refractivity contribution is -0.388. The number of hydrogen-bond donors (Lipinski definition) is 0. The van der Waals surface area contributed by atoms with Crippen molar-refractivity contribution in [3.63, 3.8) is 0 Å². The van der Waals surface area contributed by atoms with Crippen LogP contribution in [0.5, 0.6) is 0 Å².